The van der Waals surface area contributed by atoms with Crippen molar-refractivity contribution in [2.24, 2.45) is 11.8 Å². The molecular weight excluding hydrogens is 318 g/mol. The molecule has 0 aliphatic carbocycles. The maximum Gasteiger partial charge on any atom is 0.246 e. The molecule has 2 aliphatic heterocycles. The molecule has 0 bridgehead atoms. The highest BCUT2D eigenvalue weighted by Crippen LogP contribution is 2.40. The number of rotatable bonds is 2. The third-order valence-electron chi connectivity index (χ3n) is 5.07. The number of anilines is 2. The van der Waals surface area contributed by atoms with E-state index in [1.165, 1.54) is 12.0 Å². The number of piperidine rings is 1. The Kier molecular flexibility index (Phi) is 4.04. The number of hydrogen-bond donors (Lipinski definition) is 0. The summed E-state index contributed by atoms with van der Waals surface area (Å²) in [6.45, 7) is 6.25. The van der Waals surface area contributed by atoms with E-state index in [9.17, 15) is 4.79 Å². The maximum absolute atomic E-state index is 13.3. The summed E-state index contributed by atoms with van der Waals surface area (Å²) in [5.41, 5.74) is 2.37. The Labute approximate surface area is 147 Å². The second kappa shape index (κ2) is 6.20. The minimum Gasteiger partial charge on any atom is -0.340 e. The highest BCUT2D eigenvalue weighted by Gasteiger charge is 2.40. The van der Waals surface area contributed by atoms with E-state index in [0.29, 0.717) is 11.8 Å². The fraction of sp³-hybridized carbons (Fsp3) is 0.474. The number of nitrogens with zero attached hydrogens (tertiary/aromatic N) is 3. The third-order valence-corrected chi connectivity index (χ3v) is 5.84. The predicted molar refractivity (Wildman–Crippen MR) is 97.7 cm³/mol. The van der Waals surface area contributed by atoms with Crippen LogP contribution in [0, 0.1) is 11.8 Å². The summed E-state index contributed by atoms with van der Waals surface area (Å²) in [7, 11) is 0. The number of hydrogen-bond acceptors (Lipinski definition) is 4. The number of amides is 1. The lowest BCUT2D eigenvalue weighted by molar-refractivity contribution is -0.135. The van der Waals surface area contributed by atoms with Gasteiger partial charge < -0.3 is 9.80 Å². The van der Waals surface area contributed by atoms with Crippen LogP contribution in [0.2, 0.25) is 0 Å². The van der Waals surface area contributed by atoms with Gasteiger partial charge in [-0.1, -0.05) is 32.0 Å². The van der Waals surface area contributed by atoms with E-state index in [4.69, 9.17) is 0 Å². The molecule has 1 aromatic carbocycles. The molecule has 1 aromatic heterocycles. The lowest BCUT2D eigenvalue weighted by Crippen LogP contribution is -2.50. The number of fused-ring (bicyclic) bond motifs is 1. The van der Waals surface area contributed by atoms with Gasteiger partial charge in [-0.15, -0.1) is 11.3 Å². The Morgan fingerprint density at radius 2 is 1.96 bits per heavy atom. The van der Waals surface area contributed by atoms with Crippen LogP contribution in [0.3, 0.4) is 0 Å². The Bertz CT molecular complexity index is 720. The van der Waals surface area contributed by atoms with Gasteiger partial charge >= 0.3 is 0 Å². The number of likely N-dealkylation sites (tertiary alicyclic amines) is 1. The lowest BCUT2D eigenvalue weighted by Gasteiger charge is -2.38. The second-order valence-corrected chi connectivity index (χ2v) is 8.10. The molecule has 2 aliphatic rings. The number of aromatic nitrogens is 1. The zero-order chi connectivity index (χ0) is 16.7. The smallest absolute Gasteiger partial charge is 0.246 e. The molecule has 1 fully saturated rings. The summed E-state index contributed by atoms with van der Waals surface area (Å²) in [5, 5.41) is 2.89. The zero-order valence-electron chi connectivity index (χ0n) is 14.2. The Morgan fingerprint density at radius 1 is 1.21 bits per heavy atom. The molecule has 0 radical (unpaired) electrons. The average molecular weight is 341 g/mol. The van der Waals surface area contributed by atoms with E-state index < -0.39 is 0 Å². The van der Waals surface area contributed by atoms with Crippen molar-refractivity contribution < 1.29 is 4.79 Å². The quantitative estimate of drug-likeness (QED) is 0.835. The first-order chi connectivity index (χ1) is 11.6. The average Bonchev–Trinajstić information content (AvgIpc) is 3.20. The topological polar surface area (TPSA) is 36.4 Å². The molecule has 4 rings (SSSR count). The van der Waals surface area contributed by atoms with E-state index >= 15 is 0 Å². The van der Waals surface area contributed by atoms with Crippen molar-refractivity contribution in [1.29, 1.82) is 0 Å². The maximum atomic E-state index is 13.3. The van der Waals surface area contributed by atoms with Gasteiger partial charge in [0.15, 0.2) is 5.13 Å². The minimum absolute atomic E-state index is 0.161. The van der Waals surface area contributed by atoms with Crippen LogP contribution in [0.1, 0.15) is 25.8 Å². The van der Waals surface area contributed by atoms with Crippen LogP contribution in [-0.2, 0) is 11.2 Å². The van der Waals surface area contributed by atoms with Gasteiger partial charge in [0.25, 0.3) is 0 Å². The Balaban J connectivity index is 1.66. The summed E-state index contributed by atoms with van der Waals surface area (Å²) in [6, 6.07) is 8.16. The number of para-hydroxylation sites is 1. The van der Waals surface area contributed by atoms with Crippen LogP contribution >= 0.6 is 11.3 Å². The number of carbonyl (C=O) groups excluding carboxylic acids is 1. The normalized spacial score (nSPS) is 26.5. The molecule has 2 aromatic rings. The first-order valence-electron chi connectivity index (χ1n) is 8.69. The molecule has 0 spiro atoms. The minimum atomic E-state index is -0.161. The van der Waals surface area contributed by atoms with E-state index in [2.05, 4.69) is 46.8 Å². The van der Waals surface area contributed by atoms with Crippen LogP contribution in [0.4, 0.5) is 10.8 Å². The van der Waals surface area contributed by atoms with E-state index in [1.54, 1.807) is 11.3 Å². The number of benzene rings is 1. The van der Waals surface area contributed by atoms with Crippen molar-refractivity contribution in [3.05, 3.63) is 41.4 Å². The Morgan fingerprint density at radius 3 is 2.67 bits per heavy atom. The van der Waals surface area contributed by atoms with Crippen molar-refractivity contribution in [2.75, 3.05) is 18.0 Å². The van der Waals surface area contributed by atoms with Crippen LogP contribution in [0.5, 0.6) is 0 Å². The van der Waals surface area contributed by atoms with E-state index in [0.717, 1.165) is 30.3 Å². The third kappa shape index (κ3) is 2.71. The molecule has 0 unspecified atom stereocenters. The first kappa shape index (κ1) is 15.6. The highest BCUT2D eigenvalue weighted by molar-refractivity contribution is 7.13. The highest BCUT2D eigenvalue weighted by atomic mass is 32.1. The van der Waals surface area contributed by atoms with Crippen molar-refractivity contribution in [2.45, 2.75) is 32.7 Å². The fourth-order valence-electron chi connectivity index (χ4n) is 4.21. The Hall–Kier alpha value is -1.88. The van der Waals surface area contributed by atoms with E-state index in [-0.39, 0.29) is 11.9 Å². The van der Waals surface area contributed by atoms with Gasteiger partial charge in [0, 0.05) is 36.8 Å². The lowest BCUT2D eigenvalue weighted by atomic mass is 9.91. The van der Waals surface area contributed by atoms with Gasteiger partial charge in [-0.2, -0.15) is 0 Å². The van der Waals surface area contributed by atoms with Gasteiger partial charge in [0.2, 0.25) is 5.91 Å². The monoisotopic (exact) mass is 341 g/mol. The van der Waals surface area contributed by atoms with Gasteiger partial charge in [-0.3, -0.25) is 4.79 Å². The van der Waals surface area contributed by atoms with Crippen molar-refractivity contribution >= 4 is 28.1 Å². The van der Waals surface area contributed by atoms with Crippen LogP contribution in [0.25, 0.3) is 0 Å². The molecule has 0 N–H and O–H groups in total. The largest absolute Gasteiger partial charge is 0.340 e. The molecule has 24 heavy (non-hydrogen) atoms. The molecule has 0 saturated carbocycles. The summed E-state index contributed by atoms with van der Waals surface area (Å²) >= 11 is 1.60. The van der Waals surface area contributed by atoms with Crippen LogP contribution in [-0.4, -0.2) is 34.9 Å². The molecule has 3 heterocycles. The summed E-state index contributed by atoms with van der Waals surface area (Å²) in [6.07, 6.45) is 3.80. The van der Waals surface area contributed by atoms with Gasteiger partial charge in [0.05, 0.1) is 0 Å². The molecule has 5 heteroatoms. The molecular formula is C19H23N3OS. The number of carbonyl (C=O) groups is 1. The van der Waals surface area contributed by atoms with Crippen molar-refractivity contribution in [1.82, 2.24) is 9.88 Å². The zero-order valence-corrected chi connectivity index (χ0v) is 15.0. The van der Waals surface area contributed by atoms with Crippen LogP contribution in [0.15, 0.2) is 35.8 Å². The summed E-state index contributed by atoms with van der Waals surface area (Å²) in [4.78, 5) is 22.0. The van der Waals surface area contributed by atoms with Gasteiger partial charge in [-0.25, -0.2) is 4.98 Å². The SMILES string of the molecule is C[C@@H]1C[C@H](C)CN(C(=O)[C@@H]2Cc3ccccc3N2c2nccs2)C1. The van der Waals surface area contributed by atoms with E-state index in [1.807, 2.05) is 17.6 Å². The molecule has 1 saturated heterocycles. The van der Waals surface area contributed by atoms with Gasteiger partial charge in [-0.05, 0) is 29.9 Å². The van der Waals surface area contributed by atoms with Crippen LogP contribution < -0.4 is 4.90 Å². The van der Waals surface area contributed by atoms with Crippen molar-refractivity contribution in [3.63, 3.8) is 0 Å². The summed E-state index contributed by atoms with van der Waals surface area (Å²) in [5.74, 6) is 1.41. The molecule has 4 nitrogen and oxygen atoms in total. The molecule has 3 atom stereocenters. The van der Waals surface area contributed by atoms with Crippen molar-refractivity contribution in [3.8, 4) is 0 Å². The van der Waals surface area contributed by atoms with Gasteiger partial charge in [0.1, 0.15) is 6.04 Å². The fourth-order valence-corrected chi connectivity index (χ4v) is 4.91. The second-order valence-electron chi connectivity index (χ2n) is 7.22. The molecule has 126 valence electrons. The predicted octanol–water partition coefficient (Wildman–Crippen LogP) is 3.71. The first-order valence-corrected chi connectivity index (χ1v) is 9.57. The standard InChI is InChI=1S/C19H23N3OS/c1-13-9-14(2)12-21(11-13)18(23)17-10-15-5-3-4-6-16(15)22(17)19-20-7-8-24-19/h3-8,13-14,17H,9-12H2,1-2H3/t13-,14+,17-/m0/s1. The molecule has 1 amide bonds. The number of thiazole rings is 1. The summed E-state index contributed by atoms with van der Waals surface area (Å²) < 4.78 is 0.